The smallest absolute Gasteiger partial charge is 0.314 e. The predicted molar refractivity (Wildman–Crippen MR) is 84.1 cm³/mol. The number of anilines is 1. The third kappa shape index (κ3) is 4.77. The van der Waals surface area contributed by atoms with Crippen molar-refractivity contribution in [2.24, 2.45) is 0 Å². The molecule has 0 aromatic heterocycles. The van der Waals surface area contributed by atoms with Crippen LogP contribution in [-0.2, 0) is 0 Å². The van der Waals surface area contributed by atoms with Crippen molar-refractivity contribution in [2.45, 2.75) is 0 Å². The highest BCUT2D eigenvalue weighted by Gasteiger charge is 2.04. The average molecular weight is 325 g/mol. The molecule has 0 radical (unpaired) electrons. The highest BCUT2D eigenvalue weighted by molar-refractivity contribution is 6.36. The van der Waals surface area contributed by atoms with Crippen LogP contribution in [0.2, 0.25) is 10.0 Å². The summed E-state index contributed by atoms with van der Waals surface area (Å²) in [6.07, 6.45) is 3.09. The molecule has 2 aromatic carbocycles. The van der Waals surface area contributed by atoms with E-state index in [0.29, 0.717) is 15.7 Å². The number of urea groups is 1. The zero-order chi connectivity index (χ0) is 15.2. The quantitative estimate of drug-likeness (QED) is 0.826. The minimum Gasteiger partial charge on any atom is -0.314 e. The Balaban J connectivity index is 1.91. The molecule has 0 aliphatic heterocycles. The van der Waals surface area contributed by atoms with Crippen molar-refractivity contribution in [1.29, 1.82) is 0 Å². The fourth-order valence-corrected chi connectivity index (χ4v) is 1.99. The van der Waals surface area contributed by atoms with E-state index in [1.54, 1.807) is 30.3 Å². The zero-order valence-electron chi connectivity index (χ0n) is 10.7. The minimum atomic E-state index is -0.447. The van der Waals surface area contributed by atoms with Crippen LogP contribution in [0, 0.1) is 5.82 Å². The maximum absolute atomic E-state index is 12.7. The summed E-state index contributed by atoms with van der Waals surface area (Å²) < 4.78 is 12.7. The predicted octanol–water partition coefficient (Wildman–Crippen LogP) is 4.92. The zero-order valence-corrected chi connectivity index (χ0v) is 12.3. The molecule has 2 amide bonds. The first-order chi connectivity index (χ1) is 10.0. The Morgan fingerprint density at radius 2 is 1.81 bits per heavy atom. The van der Waals surface area contributed by atoms with Gasteiger partial charge in [-0.05, 0) is 42.0 Å². The van der Waals surface area contributed by atoms with Crippen molar-refractivity contribution < 1.29 is 9.18 Å². The fourth-order valence-electron chi connectivity index (χ4n) is 1.54. The Morgan fingerprint density at radius 1 is 1.10 bits per heavy atom. The van der Waals surface area contributed by atoms with Crippen LogP contribution in [-0.4, -0.2) is 6.03 Å². The number of hydrogen-bond donors (Lipinski definition) is 2. The van der Waals surface area contributed by atoms with Gasteiger partial charge in [0.25, 0.3) is 0 Å². The van der Waals surface area contributed by atoms with E-state index in [1.165, 1.54) is 24.4 Å². The van der Waals surface area contributed by atoms with Gasteiger partial charge >= 0.3 is 6.03 Å². The van der Waals surface area contributed by atoms with Crippen molar-refractivity contribution in [3.05, 3.63) is 70.1 Å². The molecule has 108 valence electrons. The molecule has 2 N–H and O–H groups in total. The lowest BCUT2D eigenvalue weighted by Crippen LogP contribution is -2.23. The molecule has 0 bridgehead atoms. The van der Waals surface area contributed by atoms with Gasteiger partial charge in [-0.2, -0.15) is 0 Å². The van der Waals surface area contributed by atoms with Crippen LogP contribution in [0.5, 0.6) is 0 Å². The summed E-state index contributed by atoms with van der Waals surface area (Å²) in [7, 11) is 0. The van der Waals surface area contributed by atoms with Crippen molar-refractivity contribution in [1.82, 2.24) is 5.32 Å². The summed E-state index contributed by atoms with van der Waals surface area (Å²) in [6.45, 7) is 0. The van der Waals surface area contributed by atoms with Gasteiger partial charge in [-0.15, -0.1) is 0 Å². The van der Waals surface area contributed by atoms with Crippen LogP contribution in [0.15, 0.2) is 48.7 Å². The molecule has 2 rings (SSSR count). The summed E-state index contributed by atoms with van der Waals surface area (Å²) in [5.41, 5.74) is 1.22. The Labute approximate surface area is 131 Å². The molecule has 0 heterocycles. The maximum Gasteiger partial charge on any atom is 0.323 e. The van der Waals surface area contributed by atoms with Crippen LogP contribution in [0.25, 0.3) is 6.08 Å². The topological polar surface area (TPSA) is 41.1 Å². The molecule has 0 aliphatic carbocycles. The lowest BCUT2D eigenvalue weighted by atomic mass is 10.2. The number of amides is 2. The number of halogens is 3. The summed E-state index contributed by atoms with van der Waals surface area (Å²) in [4.78, 5) is 11.7. The molecular formula is C15H11Cl2FN2O. The number of nitrogens with one attached hydrogen (secondary N) is 2. The van der Waals surface area contributed by atoms with Gasteiger partial charge in [0.2, 0.25) is 0 Å². The molecule has 0 fully saturated rings. The summed E-state index contributed by atoms with van der Waals surface area (Å²) in [5.74, 6) is -0.310. The highest BCUT2D eigenvalue weighted by atomic mass is 35.5. The molecule has 0 atom stereocenters. The maximum atomic E-state index is 12.7. The second kappa shape index (κ2) is 7.11. The van der Waals surface area contributed by atoms with E-state index in [9.17, 15) is 9.18 Å². The van der Waals surface area contributed by atoms with Gasteiger partial charge in [0.1, 0.15) is 5.82 Å². The second-order valence-electron chi connectivity index (χ2n) is 4.11. The van der Waals surface area contributed by atoms with Crippen LogP contribution < -0.4 is 10.6 Å². The first-order valence-electron chi connectivity index (χ1n) is 5.99. The van der Waals surface area contributed by atoms with Crippen LogP contribution >= 0.6 is 23.2 Å². The Kier molecular flexibility index (Phi) is 5.20. The van der Waals surface area contributed by atoms with E-state index in [1.807, 2.05) is 0 Å². The minimum absolute atomic E-state index is 0.310. The fraction of sp³-hybridized carbons (Fsp3) is 0. The van der Waals surface area contributed by atoms with E-state index in [4.69, 9.17) is 23.2 Å². The number of rotatable bonds is 3. The third-order valence-electron chi connectivity index (χ3n) is 2.54. The molecule has 0 saturated heterocycles. The van der Waals surface area contributed by atoms with Gasteiger partial charge in [-0.3, -0.25) is 0 Å². The molecule has 6 heteroatoms. The van der Waals surface area contributed by atoms with E-state index in [-0.39, 0.29) is 5.82 Å². The number of hydrogen-bond acceptors (Lipinski definition) is 1. The molecule has 2 aromatic rings. The molecule has 3 nitrogen and oxygen atoms in total. The standard InChI is InChI=1S/C15H11Cl2FN2O/c16-11-3-6-14(13(17)9-11)20-15(21)19-8-7-10-1-4-12(18)5-2-10/h1-9H,(H2,19,20,21)/b8-7+. The monoisotopic (exact) mass is 324 g/mol. The van der Waals surface area contributed by atoms with Gasteiger partial charge in [-0.1, -0.05) is 35.3 Å². The lowest BCUT2D eigenvalue weighted by Gasteiger charge is -2.06. The lowest BCUT2D eigenvalue weighted by molar-refractivity contribution is 0.255. The number of carbonyl (C=O) groups is 1. The Bertz CT molecular complexity index is 672. The van der Waals surface area contributed by atoms with Gasteiger partial charge in [0.15, 0.2) is 0 Å². The van der Waals surface area contributed by atoms with Crippen molar-refractivity contribution >= 4 is 41.0 Å². The molecule has 0 spiro atoms. The summed E-state index contributed by atoms with van der Waals surface area (Å²) in [6, 6.07) is 10.2. The van der Waals surface area contributed by atoms with Gasteiger partial charge in [0, 0.05) is 11.2 Å². The first kappa shape index (κ1) is 15.4. The van der Waals surface area contributed by atoms with E-state index < -0.39 is 6.03 Å². The normalized spacial score (nSPS) is 10.6. The third-order valence-corrected chi connectivity index (χ3v) is 3.09. The van der Waals surface area contributed by atoms with Crippen molar-refractivity contribution in [3.63, 3.8) is 0 Å². The molecular weight excluding hydrogens is 314 g/mol. The van der Waals surface area contributed by atoms with E-state index in [2.05, 4.69) is 10.6 Å². The molecule has 21 heavy (non-hydrogen) atoms. The van der Waals surface area contributed by atoms with Crippen LogP contribution in [0.4, 0.5) is 14.9 Å². The van der Waals surface area contributed by atoms with Gasteiger partial charge < -0.3 is 10.6 Å². The van der Waals surface area contributed by atoms with E-state index in [0.717, 1.165) is 5.56 Å². The van der Waals surface area contributed by atoms with Gasteiger partial charge in [-0.25, -0.2) is 9.18 Å². The average Bonchev–Trinajstić information content (AvgIpc) is 2.44. The van der Waals surface area contributed by atoms with Crippen molar-refractivity contribution in [3.8, 4) is 0 Å². The Morgan fingerprint density at radius 3 is 2.48 bits per heavy atom. The second-order valence-corrected chi connectivity index (χ2v) is 4.95. The number of carbonyl (C=O) groups excluding carboxylic acids is 1. The van der Waals surface area contributed by atoms with Gasteiger partial charge in [0.05, 0.1) is 10.7 Å². The SMILES string of the molecule is O=C(N/C=C/c1ccc(F)cc1)Nc1ccc(Cl)cc1Cl. The number of benzene rings is 2. The molecule has 0 saturated carbocycles. The first-order valence-corrected chi connectivity index (χ1v) is 6.75. The van der Waals surface area contributed by atoms with Crippen molar-refractivity contribution in [2.75, 3.05) is 5.32 Å². The largest absolute Gasteiger partial charge is 0.323 e. The summed E-state index contributed by atoms with van der Waals surface area (Å²) in [5, 5.41) is 5.94. The van der Waals surface area contributed by atoms with E-state index >= 15 is 0 Å². The van der Waals surface area contributed by atoms with Crippen LogP contribution in [0.1, 0.15) is 5.56 Å². The molecule has 0 unspecified atom stereocenters. The highest BCUT2D eigenvalue weighted by Crippen LogP contribution is 2.25. The molecule has 0 aliphatic rings. The van der Waals surface area contributed by atoms with Crippen LogP contribution in [0.3, 0.4) is 0 Å². The summed E-state index contributed by atoms with van der Waals surface area (Å²) >= 11 is 11.7. The Hall–Kier alpha value is -2.04.